The number of rotatable bonds is 3. The van der Waals surface area contributed by atoms with Gasteiger partial charge >= 0.3 is 6.03 Å². The number of aryl methyl sites for hydroxylation is 1. The van der Waals surface area contributed by atoms with Gasteiger partial charge in [0.2, 0.25) is 0 Å². The zero-order valence-corrected chi connectivity index (χ0v) is 13.7. The Bertz CT molecular complexity index is 836. The lowest BCUT2D eigenvalue weighted by Gasteiger charge is -2.09. The van der Waals surface area contributed by atoms with Crippen LogP contribution in [0.25, 0.3) is 0 Å². The zero-order valence-electron chi connectivity index (χ0n) is 12.9. The molecule has 0 fully saturated rings. The molecule has 2 aromatic rings. The number of nitrogens with one attached hydrogen (secondary N) is 2. The Labute approximate surface area is 143 Å². The Morgan fingerprint density at radius 3 is 2.92 bits per heavy atom. The predicted octanol–water partition coefficient (Wildman–Crippen LogP) is 3.36. The lowest BCUT2D eigenvalue weighted by Crippen LogP contribution is -2.24. The molecule has 1 aliphatic carbocycles. The van der Waals surface area contributed by atoms with E-state index in [0.717, 1.165) is 31.2 Å². The van der Waals surface area contributed by atoms with Crippen molar-refractivity contribution in [3.63, 3.8) is 0 Å². The van der Waals surface area contributed by atoms with Gasteiger partial charge in [-0.25, -0.2) is 10.2 Å². The highest BCUT2D eigenvalue weighted by Gasteiger charge is 2.21. The fraction of sp³-hybridized carbons (Fsp3) is 0.235. The van der Waals surface area contributed by atoms with E-state index >= 15 is 0 Å². The molecule has 1 aromatic heterocycles. The highest BCUT2D eigenvalue weighted by molar-refractivity contribution is 7.16. The minimum absolute atomic E-state index is 0.0844. The maximum absolute atomic E-state index is 12.0. The number of phenols is 1. The molecule has 0 saturated heterocycles. The molecule has 0 unspecified atom stereocenters. The summed E-state index contributed by atoms with van der Waals surface area (Å²) in [7, 11) is 0. The van der Waals surface area contributed by atoms with Crippen LogP contribution in [0.5, 0.6) is 5.75 Å². The molecule has 0 atom stereocenters. The summed E-state index contributed by atoms with van der Waals surface area (Å²) in [6, 6.07) is 8.36. The van der Waals surface area contributed by atoms with Crippen LogP contribution >= 0.6 is 11.3 Å². The average Bonchev–Trinajstić information content (AvgIpc) is 2.93. The van der Waals surface area contributed by atoms with E-state index < -0.39 is 6.03 Å². The Kier molecular flexibility index (Phi) is 4.77. The SMILES string of the molecule is N#Cc1c(NC(=O)N/N=C/c2ccccc2O)sc2c1CCCC2. The molecule has 0 saturated carbocycles. The maximum atomic E-state index is 12.0. The Morgan fingerprint density at radius 2 is 2.12 bits per heavy atom. The first kappa shape index (κ1) is 16.0. The van der Waals surface area contributed by atoms with Gasteiger partial charge in [-0.15, -0.1) is 11.3 Å². The standard InChI is InChI=1S/C17H16N4O2S/c18-9-13-12-6-2-4-8-15(12)24-16(13)20-17(23)21-19-10-11-5-1-3-7-14(11)22/h1,3,5,7,10,22H,2,4,6,8H2,(H2,20,21,23)/b19-10+. The number of urea groups is 1. The van der Waals surface area contributed by atoms with Crippen molar-refractivity contribution >= 4 is 28.6 Å². The number of aromatic hydroxyl groups is 1. The van der Waals surface area contributed by atoms with Crippen LogP contribution in [0.2, 0.25) is 0 Å². The number of anilines is 1. The van der Waals surface area contributed by atoms with Crippen LogP contribution in [-0.4, -0.2) is 17.4 Å². The van der Waals surface area contributed by atoms with Crippen molar-refractivity contribution in [1.82, 2.24) is 5.43 Å². The van der Waals surface area contributed by atoms with E-state index in [-0.39, 0.29) is 5.75 Å². The minimum atomic E-state index is -0.517. The number of thiophene rings is 1. The average molecular weight is 340 g/mol. The molecule has 0 spiro atoms. The van der Waals surface area contributed by atoms with Gasteiger partial charge in [-0.1, -0.05) is 12.1 Å². The molecule has 6 nitrogen and oxygen atoms in total. The van der Waals surface area contributed by atoms with Crippen LogP contribution < -0.4 is 10.7 Å². The highest BCUT2D eigenvalue weighted by atomic mass is 32.1. The smallest absolute Gasteiger partial charge is 0.340 e. The lowest BCUT2D eigenvalue weighted by molar-refractivity contribution is 0.252. The number of amides is 2. The van der Waals surface area contributed by atoms with Crippen molar-refractivity contribution in [3.05, 3.63) is 45.8 Å². The second kappa shape index (κ2) is 7.15. The second-order valence-corrected chi connectivity index (χ2v) is 6.51. The molecule has 122 valence electrons. The first-order valence-corrected chi connectivity index (χ1v) is 8.43. The third-order valence-corrected chi connectivity index (χ3v) is 5.02. The maximum Gasteiger partial charge on any atom is 0.340 e. The molecule has 0 radical (unpaired) electrons. The van der Waals surface area contributed by atoms with E-state index in [2.05, 4.69) is 21.9 Å². The van der Waals surface area contributed by atoms with E-state index in [1.165, 1.54) is 28.5 Å². The molecule has 3 rings (SSSR count). The summed E-state index contributed by atoms with van der Waals surface area (Å²) in [5.74, 6) is 0.0844. The van der Waals surface area contributed by atoms with Crippen molar-refractivity contribution in [2.45, 2.75) is 25.7 Å². The third-order valence-electron chi connectivity index (χ3n) is 3.82. The van der Waals surface area contributed by atoms with Gasteiger partial charge in [-0.2, -0.15) is 10.4 Å². The summed E-state index contributed by atoms with van der Waals surface area (Å²) in [5, 5.41) is 26.0. The van der Waals surface area contributed by atoms with Crippen molar-refractivity contribution < 1.29 is 9.90 Å². The summed E-state index contributed by atoms with van der Waals surface area (Å²) >= 11 is 1.46. The van der Waals surface area contributed by atoms with Crippen molar-refractivity contribution in [2.75, 3.05) is 5.32 Å². The molecule has 1 aliphatic rings. The molecule has 0 aliphatic heterocycles. The van der Waals surface area contributed by atoms with Gasteiger partial charge in [0.05, 0.1) is 11.8 Å². The van der Waals surface area contributed by atoms with Crippen LogP contribution in [0.15, 0.2) is 29.4 Å². The Hall–Kier alpha value is -2.85. The first-order valence-electron chi connectivity index (χ1n) is 7.61. The number of fused-ring (bicyclic) bond motifs is 1. The number of para-hydroxylation sites is 1. The minimum Gasteiger partial charge on any atom is -0.507 e. The van der Waals surface area contributed by atoms with Gasteiger partial charge in [0.25, 0.3) is 0 Å². The number of nitrogens with zero attached hydrogens (tertiary/aromatic N) is 2. The van der Waals surface area contributed by atoms with Crippen molar-refractivity contribution in [2.24, 2.45) is 5.10 Å². The molecular formula is C17H16N4O2S. The summed E-state index contributed by atoms with van der Waals surface area (Å²) in [6.07, 6.45) is 5.41. The van der Waals surface area contributed by atoms with E-state index in [1.807, 2.05) is 0 Å². The van der Waals surface area contributed by atoms with E-state index in [4.69, 9.17) is 0 Å². The zero-order chi connectivity index (χ0) is 16.9. The predicted molar refractivity (Wildman–Crippen MR) is 93.5 cm³/mol. The van der Waals surface area contributed by atoms with Crippen LogP contribution in [0.4, 0.5) is 9.80 Å². The molecule has 24 heavy (non-hydrogen) atoms. The van der Waals surface area contributed by atoms with Crippen molar-refractivity contribution in [1.29, 1.82) is 5.26 Å². The van der Waals surface area contributed by atoms with Gasteiger partial charge in [0.15, 0.2) is 0 Å². The number of hydrogen-bond donors (Lipinski definition) is 3. The Morgan fingerprint density at radius 1 is 1.33 bits per heavy atom. The Balaban J connectivity index is 1.66. The number of phenolic OH excluding ortho intramolecular Hbond substituents is 1. The topological polar surface area (TPSA) is 97.5 Å². The van der Waals surface area contributed by atoms with Crippen LogP contribution in [0.1, 0.15) is 34.4 Å². The molecule has 2 amide bonds. The number of hydrazone groups is 1. The molecule has 1 heterocycles. The normalized spacial score (nSPS) is 13.3. The van der Waals surface area contributed by atoms with Crippen LogP contribution in [-0.2, 0) is 12.8 Å². The van der Waals surface area contributed by atoms with Gasteiger partial charge in [-0.3, -0.25) is 5.32 Å². The third kappa shape index (κ3) is 3.39. The lowest BCUT2D eigenvalue weighted by atomic mass is 9.96. The van der Waals surface area contributed by atoms with Gasteiger partial charge in [0.1, 0.15) is 16.8 Å². The van der Waals surface area contributed by atoms with Crippen LogP contribution in [0, 0.1) is 11.3 Å². The van der Waals surface area contributed by atoms with E-state index in [9.17, 15) is 15.2 Å². The fourth-order valence-electron chi connectivity index (χ4n) is 2.66. The summed E-state index contributed by atoms with van der Waals surface area (Å²) < 4.78 is 0. The molecular weight excluding hydrogens is 324 g/mol. The summed E-state index contributed by atoms with van der Waals surface area (Å²) in [4.78, 5) is 13.2. The number of benzene rings is 1. The number of hydrogen-bond acceptors (Lipinski definition) is 5. The number of carbonyl (C=O) groups is 1. The summed E-state index contributed by atoms with van der Waals surface area (Å²) in [5.41, 5.74) is 4.48. The molecule has 1 aromatic carbocycles. The van der Waals surface area contributed by atoms with Crippen LogP contribution in [0.3, 0.4) is 0 Å². The second-order valence-electron chi connectivity index (χ2n) is 5.41. The summed E-state index contributed by atoms with van der Waals surface area (Å²) in [6.45, 7) is 0. The van der Waals surface area contributed by atoms with Crippen molar-refractivity contribution in [3.8, 4) is 11.8 Å². The largest absolute Gasteiger partial charge is 0.507 e. The highest BCUT2D eigenvalue weighted by Crippen LogP contribution is 2.37. The quantitative estimate of drug-likeness (QED) is 0.590. The van der Waals surface area contributed by atoms with E-state index in [1.54, 1.807) is 18.2 Å². The van der Waals surface area contributed by atoms with E-state index in [0.29, 0.717) is 16.1 Å². The van der Waals surface area contributed by atoms with Gasteiger partial charge in [0, 0.05) is 10.4 Å². The first-order chi connectivity index (χ1) is 11.7. The molecule has 7 heteroatoms. The molecule has 3 N–H and O–H groups in total. The van der Waals surface area contributed by atoms with Gasteiger partial charge < -0.3 is 5.11 Å². The fourth-order valence-corrected chi connectivity index (χ4v) is 3.90. The number of nitriles is 1. The van der Waals surface area contributed by atoms with Gasteiger partial charge in [-0.05, 0) is 43.4 Å². The molecule has 0 bridgehead atoms. The monoisotopic (exact) mass is 340 g/mol. The number of carbonyl (C=O) groups excluding carboxylic acids is 1.